The van der Waals surface area contributed by atoms with Gasteiger partial charge in [-0.3, -0.25) is 0 Å². The minimum absolute atomic E-state index is 0.0796. The predicted octanol–water partition coefficient (Wildman–Crippen LogP) is 1.11. The third kappa shape index (κ3) is 2.30. The Hall–Kier alpha value is -0.940. The second-order valence-electron chi connectivity index (χ2n) is 2.86. The Morgan fingerprint density at radius 2 is 2.00 bits per heavy atom. The SMILES string of the molecule is CCS(=O)(=O)c1cc(F)cc(CO)c1. The number of hydrogen-bond acceptors (Lipinski definition) is 3. The molecule has 0 bridgehead atoms. The lowest BCUT2D eigenvalue weighted by atomic mass is 10.2. The van der Waals surface area contributed by atoms with Gasteiger partial charge in [0.25, 0.3) is 0 Å². The summed E-state index contributed by atoms with van der Waals surface area (Å²) in [7, 11) is -3.40. The number of aliphatic hydroxyl groups excluding tert-OH is 1. The zero-order chi connectivity index (χ0) is 10.8. The smallest absolute Gasteiger partial charge is 0.178 e. The fourth-order valence-corrected chi connectivity index (χ4v) is 2.01. The fourth-order valence-electron chi connectivity index (χ4n) is 1.06. The molecule has 5 heteroatoms. The lowest BCUT2D eigenvalue weighted by Gasteiger charge is -2.03. The maximum atomic E-state index is 12.9. The second kappa shape index (κ2) is 4.06. The number of benzene rings is 1. The maximum Gasteiger partial charge on any atom is 0.178 e. The van der Waals surface area contributed by atoms with Crippen LogP contribution in [0.5, 0.6) is 0 Å². The highest BCUT2D eigenvalue weighted by atomic mass is 32.2. The first-order valence-electron chi connectivity index (χ1n) is 4.12. The number of aliphatic hydroxyl groups is 1. The average molecular weight is 218 g/mol. The highest BCUT2D eigenvalue weighted by Gasteiger charge is 2.13. The molecule has 1 rings (SSSR count). The molecule has 0 unspecified atom stereocenters. The molecular weight excluding hydrogens is 207 g/mol. The molecule has 0 saturated heterocycles. The molecule has 0 saturated carbocycles. The molecule has 3 nitrogen and oxygen atoms in total. The molecule has 0 heterocycles. The first-order valence-corrected chi connectivity index (χ1v) is 5.78. The molecule has 0 aliphatic heterocycles. The van der Waals surface area contributed by atoms with Crippen molar-refractivity contribution in [1.82, 2.24) is 0 Å². The zero-order valence-electron chi connectivity index (χ0n) is 7.70. The predicted molar refractivity (Wildman–Crippen MR) is 50.0 cm³/mol. The van der Waals surface area contributed by atoms with Crippen molar-refractivity contribution in [3.63, 3.8) is 0 Å². The van der Waals surface area contributed by atoms with E-state index in [1.54, 1.807) is 0 Å². The summed E-state index contributed by atoms with van der Waals surface area (Å²) in [6.07, 6.45) is 0. The molecule has 0 aliphatic carbocycles. The molecule has 0 radical (unpaired) electrons. The van der Waals surface area contributed by atoms with E-state index in [0.29, 0.717) is 0 Å². The third-order valence-corrected chi connectivity index (χ3v) is 3.57. The van der Waals surface area contributed by atoms with Crippen LogP contribution in [0.15, 0.2) is 23.1 Å². The van der Waals surface area contributed by atoms with Crippen LogP contribution in [0.3, 0.4) is 0 Å². The lowest BCUT2D eigenvalue weighted by molar-refractivity contribution is 0.281. The summed E-state index contributed by atoms with van der Waals surface area (Å²) in [5.41, 5.74) is 0.261. The quantitative estimate of drug-likeness (QED) is 0.826. The van der Waals surface area contributed by atoms with E-state index in [-0.39, 0.29) is 22.8 Å². The molecule has 0 fully saturated rings. The summed E-state index contributed by atoms with van der Waals surface area (Å²) in [5.74, 6) is -0.731. The topological polar surface area (TPSA) is 54.4 Å². The number of rotatable bonds is 3. The molecule has 0 spiro atoms. The van der Waals surface area contributed by atoms with Crippen molar-refractivity contribution in [2.24, 2.45) is 0 Å². The Morgan fingerprint density at radius 3 is 2.50 bits per heavy atom. The largest absolute Gasteiger partial charge is 0.392 e. The van der Waals surface area contributed by atoms with Gasteiger partial charge in [-0.1, -0.05) is 6.92 Å². The van der Waals surface area contributed by atoms with Gasteiger partial charge in [0.1, 0.15) is 5.82 Å². The maximum absolute atomic E-state index is 12.9. The first kappa shape index (κ1) is 11.1. The third-order valence-electron chi connectivity index (χ3n) is 1.85. The van der Waals surface area contributed by atoms with Crippen molar-refractivity contribution in [2.75, 3.05) is 5.75 Å². The van der Waals surface area contributed by atoms with Crippen LogP contribution in [0, 0.1) is 5.82 Å². The monoisotopic (exact) mass is 218 g/mol. The van der Waals surface area contributed by atoms with Crippen molar-refractivity contribution in [1.29, 1.82) is 0 Å². The van der Waals surface area contributed by atoms with E-state index >= 15 is 0 Å². The van der Waals surface area contributed by atoms with Crippen molar-refractivity contribution >= 4 is 9.84 Å². The van der Waals surface area contributed by atoms with Gasteiger partial charge >= 0.3 is 0 Å². The van der Waals surface area contributed by atoms with Crippen LogP contribution in [0.4, 0.5) is 4.39 Å². The van der Waals surface area contributed by atoms with Crippen molar-refractivity contribution < 1.29 is 17.9 Å². The van der Waals surface area contributed by atoms with E-state index in [1.807, 2.05) is 0 Å². The van der Waals surface area contributed by atoms with E-state index in [9.17, 15) is 12.8 Å². The summed E-state index contributed by atoms with van der Waals surface area (Å²) in [6, 6.07) is 3.34. The summed E-state index contributed by atoms with van der Waals surface area (Å²) in [4.78, 5) is -0.0796. The van der Waals surface area contributed by atoms with E-state index < -0.39 is 15.7 Å². The summed E-state index contributed by atoms with van der Waals surface area (Å²) < 4.78 is 35.7. The Morgan fingerprint density at radius 1 is 1.36 bits per heavy atom. The van der Waals surface area contributed by atoms with Gasteiger partial charge in [-0.25, -0.2) is 12.8 Å². The molecule has 0 aromatic heterocycles. The highest BCUT2D eigenvalue weighted by Crippen LogP contribution is 2.15. The molecule has 0 amide bonds. The molecule has 14 heavy (non-hydrogen) atoms. The minimum atomic E-state index is -3.40. The Kier molecular flexibility index (Phi) is 3.23. The molecule has 0 atom stereocenters. The molecule has 0 aliphatic rings. The van der Waals surface area contributed by atoms with Crippen molar-refractivity contribution in [3.8, 4) is 0 Å². The lowest BCUT2D eigenvalue weighted by Crippen LogP contribution is -2.05. The second-order valence-corrected chi connectivity index (χ2v) is 5.13. The van der Waals surface area contributed by atoms with Gasteiger partial charge in [0.2, 0.25) is 0 Å². The molecular formula is C9H11FO3S. The van der Waals surface area contributed by atoms with Crippen LogP contribution in [-0.4, -0.2) is 19.3 Å². The van der Waals surface area contributed by atoms with Gasteiger partial charge in [0.15, 0.2) is 9.84 Å². The van der Waals surface area contributed by atoms with E-state index in [2.05, 4.69) is 0 Å². The Balaban J connectivity index is 3.29. The number of sulfone groups is 1. The van der Waals surface area contributed by atoms with Crippen LogP contribution < -0.4 is 0 Å². The standard InChI is InChI=1S/C9H11FO3S/c1-2-14(12,13)9-4-7(6-11)3-8(10)5-9/h3-5,11H,2,6H2,1H3. The van der Waals surface area contributed by atoms with Crippen molar-refractivity contribution in [3.05, 3.63) is 29.6 Å². The van der Waals surface area contributed by atoms with E-state index in [4.69, 9.17) is 5.11 Å². The average Bonchev–Trinajstić information content (AvgIpc) is 2.16. The summed E-state index contributed by atoms with van der Waals surface area (Å²) in [5, 5.41) is 8.76. The zero-order valence-corrected chi connectivity index (χ0v) is 8.51. The van der Waals surface area contributed by atoms with Gasteiger partial charge in [-0.2, -0.15) is 0 Å². The minimum Gasteiger partial charge on any atom is -0.392 e. The number of hydrogen-bond donors (Lipinski definition) is 1. The van der Waals surface area contributed by atoms with Gasteiger partial charge in [0, 0.05) is 0 Å². The molecule has 78 valence electrons. The number of halogens is 1. The normalized spacial score (nSPS) is 11.6. The summed E-state index contributed by atoms with van der Waals surface area (Å²) in [6.45, 7) is 1.11. The van der Waals surface area contributed by atoms with Crippen LogP contribution in [0.2, 0.25) is 0 Å². The fraction of sp³-hybridized carbons (Fsp3) is 0.333. The Labute approximate surface area is 82.1 Å². The van der Waals surface area contributed by atoms with Gasteiger partial charge in [0.05, 0.1) is 17.3 Å². The van der Waals surface area contributed by atoms with Gasteiger partial charge < -0.3 is 5.11 Å². The molecule has 1 aromatic rings. The van der Waals surface area contributed by atoms with Crippen LogP contribution in [-0.2, 0) is 16.4 Å². The first-order chi connectivity index (χ1) is 6.49. The van der Waals surface area contributed by atoms with Gasteiger partial charge in [-0.15, -0.1) is 0 Å². The molecule has 1 aromatic carbocycles. The van der Waals surface area contributed by atoms with Crippen LogP contribution in [0.25, 0.3) is 0 Å². The van der Waals surface area contributed by atoms with Gasteiger partial charge in [-0.05, 0) is 23.8 Å². The Bertz CT molecular complexity index is 426. The highest BCUT2D eigenvalue weighted by molar-refractivity contribution is 7.91. The summed E-state index contributed by atoms with van der Waals surface area (Å²) >= 11 is 0. The van der Waals surface area contributed by atoms with Crippen LogP contribution >= 0.6 is 0 Å². The van der Waals surface area contributed by atoms with E-state index in [0.717, 1.165) is 12.1 Å². The van der Waals surface area contributed by atoms with E-state index in [1.165, 1.54) is 13.0 Å². The van der Waals surface area contributed by atoms with Crippen LogP contribution in [0.1, 0.15) is 12.5 Å². The molecule has 1 N–H and O–H groups in total. The van der Waals surface area contributed by atoms with Crippen molar-refractivity contribution in [2.45, 2.75) is 18.4 Å².